The van der Waals surface area contributed by atoms with E-state index in [4.69, 9.17) is 6.42 Å². The van der Waals surface area contributed by atoms with E-state index in [1.807, 2.05) is 7.05 Å². The Labute approximate surface area is 121 Å². The van der Waals surface area contributed by atoms with Crippen LogP contribution < -0.4 is 5.32 Å². The molecule has 0 radical (unpaired) electrons. The van der Waals surface area contributed by atoms with Crippen molar-refractivity contribution >= 4 is 10.0 Å². The third-order valence-corrected chi connectivity index (χ3v) is 5.35. The van der Waals surface area contributed by atoms with Crippen LogP contribution in [-0.4, -0.2) is 37.4 Å². The summed E-state index contributed by atoms with van der Waals surface area (Å²) in [5.74, 6) is 2.40. The fourth-order valence-electron chi connectivity index (χ4n) is 2.27. The average molecular weight is 295 g/mol. The van der Waals surface area contributed by atoms with E-state index in [0.717, 1.165) is 18.5 Å². The van der Waals surface area contributed by atoms with Gasteiger partial charge < -0.3 is 9.88 Å². The zero-order valence-electron chi connectivity index (χ0n) is 12.0. The van der Waals surface area contributed by atoms with E-state index in [1.54, 1.807) is 19.2 Å². The molecule has 1 fully saturated rings. The summed E-state index contributed by atoms with van der Waals surface area (Å²) in [6.45, 7) is 2.94. The molecule has 2 rings (SSSR count). The summed E-state index contributed by atoms with van der Waals surface area (Å²) in [5, 5.41) is 3.08. The minimum atomic E-state index is -3.50. The number of aromatic nitrogens is 1. The Morgan fingerprint density at radius 1 is 1.55 bits per heavy atom. The van der Waals surface area contributed by atoms with Gasteiger partial charge in [-0.2, -0.15) is 4.31 Å². The molecule has 6 heteroatoms. The Morgan fingerprint density at radius 2 is 2.25 bits per heavy atom. The molecule has 0 saturated heterocycles. The van der Waals surface area contributed by atoms with Crippen molar-refractivity contribution in [1.29, 1.82) is 0 Å². The Hall–Kier alpha value is -1.29. The molecule has 0 spiro atoms. The molecular formula is C14H21N3O2S. The van der Waals surface area contributed by atoms with Crippen molar-refractivity contribution in [3.8, 4) is 12.3 Å². The highest BCUT2D eigenvalue weighted by molar-refractivity contribution is 7.89. The molecule has 110 valence electrons. The van der Waals surface area contributed by atoms with Crippen LogP contribution in [0.5, 0.6) is 0 Å². The fourth-order valence-corrected chi connectivity index (χ4v) is 3.69. The second-order valence-corrected chi connectivity index (χ2v) is 6.91. The highest BCUT2D eigenvalue weighted by Gasteiger charge is 2.30. The first-order chi connectivity index (χ1) is 9.54. The smallest absolute Gasteiger partial charge is 0.245 e. The van der Waals surface area contributed by atoms with Crippen LogP contribution >= 0.6 is 0 Å². The van der Waals surface area contributed by atoms with Crippen LogP contribution in [0.4, 0.5) is 0 Å². The molecule has 5 nitrogen and oxygen atoms in total. The molecule has 0 atom stereocenters. The summed E-state index contributed by atoms with van der Waals surface area (Å²) < 4.78 is 28.5. The number of hydrogen-bond acceptors (Lipinski definition) is 3. The van der Waals surface area contributed by atoms with Crippen LogP contribution in [-0.2, 0) is 16.6 Å². The third-order valence-electron chi connectivity index (χ3n) is 3.46. The van der Waals surface area contributed by atoms with Crippen LogP contribution in [0.15, 0.2) is 17.2 Å². The van der Waals surface area contributed by atoms with Crippen LogP contribution in [0.25, 0.3) is 0 Å². The summed E-state index contributed by atoms with van der Waals surface area (Å²) in [7, 11) is -1.64. The number of hydrogen-bond donors (Lipinski definition) is 1. The SMILES string of the molecule is C#CCN(CC)S(=O)(=O)c1cc(CNC)n(C2CC2)c1. The summed E-state index contributed by atoms with van der Waals surface area (Å²) >= 11 is 0. The van der Waals surface area contributed by atoms with Crippen molar-refractivity contribution in [2.75, 3.05) is 20.1 Å². The maximum absolute atomic E-state index is 12.6. The van der Waals surface area contributed by atoms with Gasteiger partial charge in [0.15, 0.2) is 0 Å². The second kappa shape index (κ2) is 6.00. The Bertz CT molecular complexity index is 609. The monoisotopic (exact) mass is 295 g/mol. The van der Waals surface area contributed by atoms with Gasteiger partial charge >= 0.3 is 0 Å². The molecule has 20 heavy (non-hydrogen) atoms. The van der Waals surface area contributed by atoms with Gasteiger partial charge in [0.2, 0.25) is 10.0 Å². The van der Waals surface area contributed by atoms with Gasteiger partial charge in [0.05, 0.1) is 6.54 Å². The Kier molecular flexibility index (Phi) is 4.53. The fraction of sp³-hybridized carbons (Fsp3) is 0.571. The summed E-state index contributed by atoms with van der Waals surface area (Å²) in [6, 6.07) is 2.20. The van der Waals surface area contributed by atoms with Gasteiger partial charge in [-0.1, -0.05) is 12.8 Å². The van der Waals surface area contributed by atoms with E-state index in [9.17, 15) is 8.42 Å². The maximum Gasteiger partial charge on any atom is 0.245 e. The molecule has 1 saturated carbocycles. The second-order valence-electron chi connectivity index (χ2n) is 4.97. The van der Waals surface area contributed by atoms with Crippen LogP contribution in [0.2, 0.25) is 0 Å². The number of sulfonamides is 1. The van der Waals surface area contributed by atoms with Gasteiger partial charge in [-0.3, -0.25) is 0 Å². The molecule has 0 aromatic carbocycles. The third kappa shape index (κ3) is 2.90. The van der Waals surface area contributed by atoms with E-state index in [-0.39, 0.29) is 6.54 Å². The molecule has 1 aromatic heterocycles. The van der Waals surface area contributed by atoms with Gasteiger partial charge in [-0.05, 0) is 26.0 Å². The number of rotatable bonds is 7. The lowest BCUT2D eigenvalue weighted by molar-refractivity contribution is 0.464. The van der Waals surface area contributed by atoms with Crippen LogP contribution in [0.1, 0.15) is 31.5 Å². The molecular weight excluding hydrogens is 274 g/mol. The van der Waals surface area contributed by atoms with Gasteiger partial charge in [-0.15, -0.1) is 6.42 Å². The predicted octanol–water partition coefficient (Wildman–Crippen LogP) is 1.19. The lowest BCUT2D eigenvalue weighted by atomic mass is 10.4. The summed E-state index contributed by atoms with van der Waals surface area (Å²) in [6.07, 6.45) is 9.23. The number of nitrogens with zero attached hydrogens (tertiary/aromatic N) is 2. The van der Waals surface area contributed by atoms with Crippen molar-refractivity contribution in [1.82, 2.24) is 14.2 Å². The number of nitrogens with one attached hydrogen (secondary N) is 1. The molecule has 0 unspecified atom stereocenters. The molecule has 1 N–H and O–H groups in total. The minimum Gasteiger partial charge on any atom is -0.346 e. The maximum atomic E-state index is 12.6. The lowest BCUT2D eigenvalue weighted by Crippen LogP contribution is -2.31. The molecule has 1 aromatic rings. The van der Waals surface area contributed by atoms with Crippen molar-refractivity contribution in [3.05, 3.63) is 18.0 Å². The molecule has 0 amide bonds. The molecule has 1 heterocycles. The topological polar surface area (TPSA) is 54.3 Å². The lowest BCUT2D eigenvalue weighted by Gasteiger charge is -2.16. The highest BCUT2D eigenvalue weighted by atomic mass is 32.2. The quantitative estimate of drug-likeness (QED) is 0.769. The van der Waals surface area contributed by atoms with Gasteiger partial charge in [0.1, 0.15) is 4.90 Å². The molecule has 0 bridgehead atoms. The zero-order valence-corrected chi connectivity index (χ0v) is 12.8. The first kappa shape index (κ1) is 15.1. The normalized spacial score (nSPS) is 15.5. The van der Waals surface area contributed by atoms with E-state index in [1.165, 1.54) is 4.31 Å². The van der Waals surface area contributed by atoms with Gasteiger partial charge in [0.25, 0.3) is 0 Å². The van der Waals surface area contributed by atoms with Crippen LogP contribution in [0.3, 0.4) is 0 Å². The van der Waals surface area contributed by atoms with E-state index in [2.05, 4.69) is 15.8 Å². The Morgan fingerprint density at radius 3 is 2.75 bits per heavy atom. The summed E-state index contributed by atoms with van der Waals surface area (Å²) in [5.41, 5.74) is 1.00. The van der Waals surface area contributed by atoms with Crippen molar-refractivity contribution in [3.63, 3.8) is 0 Å². The van der Waals surface area contributed by atoms with Crippen molar-refractivity contribution < 1.29 is 8.42 Å². The molecule has 0 aliphatic heterocycles. The van der Waals surface area contributed by atoms with Crippen LogP contribution in [0, 0.1) is 12.3 Å². The zero-order chi connectivity index (χ0) is 14.8. The highest BCUT2D eigenvalue weighted by Crippen LogP contribution is 2.37. The van der Waals surface area contributed by atoms with E-state index >= 15 is 0 Å². The number of terminal acetylenes is 1. The first-order valence-corrected chi connectivity index (χ1v) is 8.27. The van der Waals surface area contributed by atoms with Gasteiger partial charge in [0, 0.05) is 31.0 Å². The molecule has 1 aliphatic rings. The molecule has 1 aliphatic carbocycles. The minimum absolute atomic E-state index is 0.106. The average Bonchev–Trinajstić information content (AvgIpc) is 3.17. The van der Waals surface area contributed by atoms with E-state index in [0.29, 0.717) is 24.0 Å². The summed E-state index contributed by atoms with van der Waals surface area (Å²) in [4.78, 5) is 0.340. The largest absolute Gasteiger partial charge is 0.346 e. The first-order valence-electron chi connectivity index (χ1n) is 6.83. The van der Waals surface area contributed by atoms with Crippen molar-refractivity contribution in [2.45, 2.75) is 37.2 Å². The van der Waals surface area contributed by atoms with Crippen molar-refractivity contribution in [2.24, 2.45) is 0 Å². The Balaban J connectivity index is 2.36. The standard InChI is InChI=1S/C14H21N3O2S/c1-4-8-16(5-2)20(18,19)14-9-13(10-15-3)17(11-14)12-6-7-12/h1,9,11-12,15H,5-8,10H2,2-3H3. The van der Waals surface area contributed by atoms with Gasteiger partial charge in [-0.25, -0.2) is 8.42 Å². The van der Waals surface area contributed by atoms with E-state index < -0.39 is 10.0 Å². The predicted molar refractivity (Wildman–Crippen MR) is 78.7 cm³/mol.